The van der Waals surface area contributed by atoms with Gasteiger partial charge in [0.25, 0.3) is 5.91 Å². The molecule has 3 rings (SSSR count). The zero-order valence-electron chi connectivity index (χ0n) is 13.8. The van der Waals surface area contributed by atoms with Crippen LogP contribution < -0.4 is 5.32 Å². The van der Waals surface area contributed by atoms with Gasteiger partial charge in [-0.2, -0.15) is 4.31 Å². The molecule has 2 aromatic rings. The fraction of sp³-hybridized carbons (Fsp3) is 0.235. The number of hydrogen-bond acceptors (Lipinski definition) is 3. The molecule has 1 aliphatic heterocycles. The number of halogens is 4. The Morgan fingerprint density at radius 1 is 1.04 bits per heavy atom. The molecular formula is C17H14BrF3N2O3S. The molecule has 1 aliphatic rings. The number of hydrogen-bond donors (Lipinski definition) is 1. The van der Waals surface area contributed by atoms with Crippen molar-refractivity contribution in [1.82, 2.24) is 4.31 Å². The van der Waals surface area contributed by atoms with Crippen molar-refractivity contribution in [1.29, 1.82) is 0 Å². The average Bonchev–Trinajstić information content (AvgIpc) is 3.18. The van der Waals surface area contributed by atoms with Crippen LogP contribution in [0.4, 0.5) is 18.9 Å². The van der Waals surface area contributed by atoms with Crippen LogP contribution in [-0.4, -0.2) is 31.7 Å². The summed E-state index contributed by atoms with van der Waals surface area (Å²) >= 11 is 3.14. The van der Waals surface area contributed by atoms with E-state index in [0.29, 0.717) is 19.2 Å². The van der Waals surface area contributed by atoms with E-state index in [-0.39, 0.29) is 14.9 Å². The van der Waals surface area contributed by atoms with Crippen LogP contribution in [0.1, 0.15) is 23.2 Å². The maximum Gasteiger partial charge on any atom is 0.256 e. The molecular weight excluding hydrogens is 449 g/mol. The summed E-state index contributed by atoms with van der Waals surface area (Å²) < 4.78 is 67.0. The molecule has 0 unspecified atom stereocenters. The van der Waals surface area contributed by atoms with Crippen molar-refractivity contribution < 1.29 is 26.4 Å². The van der Waals surface area contributed by atoms with Gasteiger partial charge in [-0.05, 0) is 59.1 Å². The smallest absolute Gasteiger partial charge is 0.256 e. The Balaban J connectivity index is 1.92. The van der Waals surface area contributed by atoms with E-state index in [1.807, 2.05) is 0 Å². The maximum absolute atomic E-state index is 13.8. The van der Waals surface area contributed by atoms with E-state index in [1.54, 1.807) is 0 Å². The molecule has 0 spiro atoms. The third-order valence-corrected chi connectivity index (χ3v) is 6.75. The highest BCUT2D eigenvalue weighted by Gasteiger charge is 2.28. The molecule has 2 aromatic carbocycles. The third-order valence-electron chi connectivity index (χ3n) is 4.17. The van der Waals surface area contributed by atoms with Crippen molar-refractivity contribution >= 4 is 37.5 Å². The topological polar surface area (TPSA) is 66.5 Å². The molecule has 1 heterocycles. The summed E-state index contributed by atoms with van der Waals surface area (Å²) in [5.41, 5.74) is -0.641. The normalized spacial score (nSPS) is 15.1. The van der Waals surface area contributed by atoms with Gasteiger partial charge in [0.1, 0.15) is 0 Å². The van der Waals surface area contributed by atoms with Gasteiger partial charge in [-0.3, -0.25) is 4.79 Å². The van der Waals surface area contributed by atoms with Crippen LogP contribution in [0.25, 0.3) is 0 Å². The number of amides is 1. The van der Waals surface area contributed by atoms with E-state index in [4.69, 9.17) is 0 Å². The molecule has 10 heteroatoms. The Hall–Kier alpha value is -1.91. The summed E-state index contributed by atoms with van der Waals surface area (Å²) in [5.74, 6) is -5.51. The Morgan fingerprint density at radius 3 is 2.37 bits per heavy atom. The van der Waals surface area contributed by atoms with Gasteiger partial charge in [-0.25, -0.2) is 21.6 Å². The van der Waals surface area contributed by atoms with Gasteiger partial charge in [0.15, 0.2) is 17.5 Å². The summed E-state index contributed by atoms with van der Waals surface area (Å²) in [6, 6.07) is 5.46. The number of nitrogens with zero attached hydrogens (tertiary/aromatic N) is 1. The second kappa shape index (κ2) is 7.61. The second-order valence-electron chi connectivity index (χ2n) is 5.93. The molecule has 0 bridgehead atoms. The molecule has 1 saturated heterocycles. The van der Waals surface area contributed by atoms with Crippen LogP contribution in [0.3, 0.4) is 0 Å². The van der Waals surface area contributed by atoms with E-state index in [1.165, 1.54) is 16.4 Å². The van der Waals surface area contributed by atoms with Gasteiger partial charge in [0.2, 0.25) is 10.0 Å². The molecule has 0 radical (unpaired) electrons. The first-order chi connectivity index (χ1) is 12.7. The van der Waals surface area contributed by atoms with Gasteiger partial charge in [0.05, 0.1) is 16.1 Å². The summed E-state index contributed by atoms with van der Waals surface area (Å²) in [6.45, 7) is 0.806. The van der Waals surface area contributed by atoms with E-state index >= 15 is 0 Å². The molecule has 0 atom stereocenters. The van der Waals surface area contributed by atoms with Crippen LogP contribution in [0.15, 0.2) is 39.7 Å². The first-order valence-electron chi connectivity index (χ1n) is 7.96. The Bertz CT molecular complexity index is 1010. The van der Waals surface area contributed by atoms with Crippen LogP contribution in [0.5, 0.6) is 0 Å². The standard InChI is InChI=1S/C17H14BrF3N2O3S/c18-12-4-3-10(27(25,26)23-7-1-2-8-23)9-11(12)17(24)22-14-6-5-13(19)15(20)16(14)21/h3-6,9H,1-2,7-8H2,(H,22,24). The predicted molar refractivity (Wildman–Crippen MR) is 96.4 cm³/mol. The average molecular weight is 463 g/mol. The van der Waals surface area contributed by atoms with E-state index in [0.717, 1.165) is 25.0 Å². The summed E-state index contributed by atoms with van der Waals surface area (Å²) in [4.78, 5) is 12.4. The number of anilines is 1. The fourth-order valence-corrected chi connectivity index (χ4v) is 4.70. The number of sulfonamides is 1. The number of carbonyl (C=O) groups is 1. The lowest BCUT2D eigenvalue weighted by Crippen LogP contribution is -2.28. The highest BCUT2D eigenvalue weighted by molar-refractivity contribution is 9.10. The minimum Gasteiger partial charge on any atom is -0.319 e. The van der Waals surface area contributed by atoms with Gasteiger partial charge in [-0.1, -0.05) is 0 Å². The van der Waals surface area contributed by atoms with E-state index < -0.39 is 39.1 Å². The zero-order chi connectivity index (χ0) is 19.8. The number of rotatable bonds is 4. The number of nitrogens with one attached hydrogen (secondary N) is 1. The van der Waals surface area contributed by atoms with Gasteiger partial charge < -0.3 is 5.32 Å². The Labute approximate surface area is 162 Å². The van der Waals surface area contributed by atoms with Crippen molar-refractivity contribution in [3.05, 3.63) is 57.8 Å². The van der Waals surface area contributed by atoms with Crippen LogP contribution in [-0.2, 0) is 10.0 Å². The second-order valence-corrected chi connectivity index (χ2v) is 8.72. The molecule has 0 saturated carbocycles. The minimum atomic E-state index is -3.76. The monoisotopic (exact) mass is 462 g/mol. The van der Waals surface area contributed by atoms with Crippen LogP contribution >= 0.6 is 15.9 Å². The quantitative estimate of drug-likeness (QED) is 0.700. The highest BCUT2D eigenvalue weighted by Crippen LogP contribution is 2.27. The lowest BCUT2D eigenvalue weighted by atomic mass is 10.2. The summed E-state index contributed by atoms with van der Waals surface area (Å²) in [5, 5.41) is 2.12. The first kappa shape index (κ1) is 19.8. The minimum absolute atomic E-state index is 0.0801. The Kier molecular flexibility index (Phi) is 5.59. The molecule has 0 aromatic heterocycles. The van der Waals surface area contributed by atoms with Gasteiger partial charge >= 0.3 is 0 Å². The molecule has 0 aliphatic carbocycles. The lowest BCUT2D eigenvalue weighted by molar-refractivity contribution is 0.102. The van der Waals surface area contributed by atoms with Gasteiger partial charge in [-0.15, -0.1) is 0 Å². The first-order valence-corrected chi connectivity index (χ1v) is 10.2. The molecule has 27 heavy (non-hydrogen) atoms. The fourth-order valence-electron chi connectivity index (χ4n) is 2.73. The van der Waals surface area contributed by atoms with Crippen molar-refractivity contribution in [3.63, 3.8) is 0 Å². The lowest BCUT2D eigenvalue weighted by Gasteiger charge is -2.16. The Morgan fingerprint density at radius 2 is 1.70 bits per heavy atom. The summed E-state index contributed by atoms with van der Waals surface area (Å²) in [6.07, 6.45) is 1.52. The molecule has 144 valence electrons. The number of benzene rings is 2. The molecule has 5 nitrogen and oxygen atoms in total. The molecule has 1 amide bonds. The SMILES string of the molecule is O=C(Nc1ccc(F)c(F)c1F)c1cc(S(=O)(=O)N2CCCC2)ccc1Br. The number of carbonyl (C=O) groups excluding carboxylic acids is 1. The predicted octanol–water partition coefficient (Wildman–Crippen LogP) is 3.90. The van der Waals surface area contributed by atoms with E-state index in [2.05, 4.69) is 21.2 Å². The maximum atomic E-state index is 13.8. The largest absolute Gasteiger partial charge is 0.319 e. The van der Waals surface area contributed by atoms with Crippen molar-refractivity contribution in [2.45, 2.75) is 17.7 Å². The zero-order valence-corrected chi connectivity index (χ0v) is 16.2. The van der Waals surface area contributed by atoms with Crippen LogP contribution in [0, 0.1) is 17.5 Å². The third kappa shape index (κ3) is 3.87. The van der Waals surface area contributed by atoms with E-state index in [9.17, 15) is 26.4 Å². The van der Waals surface area contributed by atoms with Crippen molar-refractivity contribution in [3.8, 4) is 0 Å². The van der Waals surface area contributed by atoms with Crippen molar-refractivity contribution in [2.75, 3.05) is 18.4 Å². The van der Waals surface area contributed by atoms with Crippen LogP contribution in [0.2, 0.25) is 0 Å². The van der Waals surface area contributed by atoms with Crippen molar-refractivity contribution in [2.24, 2.45) is 0 Å². The summed E-state index contributed by atoms with van der Waals surface area (Å²) in [7, 11) is -3.76. The molecule has 1 N–H and O–H groups in total. The highest BCUT2D eigenvalue weighted by atomic mass is 79.9. The van der Waals surface area contributed by atoms with Gasteiger partial charge in [0, 0.05) is 17.6 Å². The molecule has 1 fully saturated rings.